The van der Waals surface area contributed by atoms with Gasteiger partial charge in [0.1, 0.15) is 34.3 Å². The summed E-state index contributed by atoms with van der Waals surface area (Å²) in [5.74, 6) is -3.85. The van der Waals surface area contributed by atoms with E-state index in [1.807, 2.05) is 4.98 Å². The molecular weight excluding hydrogens is 371 g/mol. The number of nitrogens with two attached hydrogens (primary N) is 1. The molecule has 0 saturated heterocycles. The van der Waals surface area contributed by atoms with E-state index in [4.69, 9.17) is 10.5 Å². The van der Waals surface area contributed by atoms with Crippen LogP contribution in [0, 0.1) is 5.82 Å². The summed E-state index contributed by atoms with van der Waals surface area (Å²) >= 11 is 0. The molecule has 142 valence electrons. The monoisotopic (exact) mass is 384 g/mol. The second-order valence-corrected chi connectivity index (χ2v) is 5.66. The second-order valence-electron chi connectivity index (χ2n) is 5.66. The average Bonchev–Trinajstić information content (AvgIpc) is 2.62. The molecule has 28 heavy (non-hydrogen) atoms. The number of aromatic carboxylic acids is 2. The Bertz CT molecular complexity index is 1140. The fourth-order valence-corrected chi connectivity index (χ4v) is 2.71. The van der Waals surface area contributed by atoms with E-state index in [0.29, 0.717) is 0 Å². The number of pyridine rings is 1. The highest BCUT2D eigenvalue weighted by Gasteiger charge is 2.28. The van der Waals surface area contributed by atoms with Crippen LogP contribution in [0.15, 0.2) is 53.3 Å². The maximum atomic E-state index is 13.1. The van der Waals surface area contributed by atoms with Crippen molar-refractivity contribution in [3.05, 3.63) is 75.8 Å². The molecule has 0 spiro atoms. The molecule has 1 heterocycles. The maximum Gasteiger partial charge on any atom is 0.342 e. The highest BCUT2D eigenvalue weighted by Crippen LogP contribution is 2.37. The molecule has 3 aromatic rings. The van der Waals surface area contributed by atoms with Crippen LogP contribution in [0.4, 0.5) is 10.2 Å². The Morgan fingerprint density at radius 3 is 2.18 bits per heavy atom. The normalized spacial score (nSPS) is 10.5. The van der Waals surface area contributed by atoms with Gasteiger partial charge in [-0.05, 0) is 30.3 Å². The molecule has 0 amide bonds. The number of para-hydroxylation sites is 1. The number of hydrogen-bond donors (Lipinski definition) is 4. The van der Waals surface area contributed by atoms with Gasteiger partial charge >= 0.3 is 11.9 Å². The highest BCUT2D eigenvalue weighted by atomic mass is 19.1. The molecule has 1 aromatic heterocycles. The number of rotatable bonds is 5. The first kappa shape index (κ1) is 18.6. The van der Waals surface area contributed by atoms with Crippen LogP contribution in [-0.2, 0) is 0 Å². The fourth-order valence-electron chi connectivity index (χ4n) is 2.71. The Labute approximate surface area is 156 Å². The summed E-state index contributed by atoms with van der Waals surface area (Å²) in [7, 11) is 0. The van der Waals surface area contributed by atoms with Gasteiger partial charge in [0, 0.05) is 11.1 Å². The minimum absolute atomic E-state index is 0.0272. The zero-order valence-corrected chi connectivity index (χ0v) is 14.1. The summed E-state index contributed by atoms with van der Waals surface area (Å²) < 4.78 is 18.8. The van der Waals surface area contributed by atoms with Crippen LogP contribution in [0.3, 0.4) is 0 Å². The number of anilines is 1. The van der Waals surface area contributed by atoms with E-state index < -0.39 is 40.3 Å². The van der Waals surface area contributed by atoms with Crippen molar-refractivity contribution < 1.29 is 28.9 Å². The lowest BCUT2D eigenvalue weighted by Gasteiger charge is -2.16. The topological polar surface area (TPSA) is 143 Å². The van der Waals surface area contributed by atoms with Crippen molar-refractivity contribution in [3.63, 3.8) is 0 Å². The van der Waals surface area contributed by atoms with Gasteiger partial charge in [0.15, 0.2) is 0 Å². The number of carbonyl (C=O) groups is 2. The van der Waals surface area contributed by atoms with Gasteiger partial charge in [-0.3, -0.25) is 4.79 Å². The zero-order valence-electron chi connectivity index (χ0n) is 14.1. The van der Waals surface area contributed by atoms with Crippen LogP contribution in [0.2, 0.25) is 0 Å². The second kappa shape index (κ2) is 7.23. The lowest BCUT2D eigenvalue weighted by Crippen LogP contribution is -2.24. The Morgan fingerprint density at radius 2 is 1.57 bits per heavy atom. The molecule has 0 unspecified atom stereocenters. The number of hydrogen-bond acceptors (Lipinski definition) is 5. The number of aromatic nitrogens is 1. The SMILES string of the molecule is Nc1[nH]c(=O)c(C(=O)O)c(-c2ccccc2Oc2ccc(F)cc2)c1C(=O)O. The van der Waals surface area contributed by atoms with Crippen LogP contribution in [-0.4, -0.2) is 27.1 Å². The van der Waals surface area contributed by atoms with Gasteiger partial charge in [-0.2, -0.15) is 0 Å². The quantitative estimate of drug-likeness (QED) is 0.529. The van der Waals surface area contributed by atoms with Gasteiger partial charge in [-0.25, -0.2) is 14.0 Å². The molecule has 5 N–H and O–H groups in total. The van der Waals surface area contributed by atoms with E-state index in [2.05, 4.69) is 0 Å². The molecule has 2 aromatic carbocycles. The number of H-pyrrole nitrogens is 1. The maximum absolute atomic E-state index is 13.1. The molecule has 0 bridgehead atoms. The third kappa shape index (κ3) is 3.40. The Hall–Kier alpha value is -4.14. The minimum Gasteiger partial charge on any atom is -0.478 e. The Balaban J connectivity index is 2.30. The van der Waals surface area contributed by atoms with E-state index in [0.717, 1.165) is 12.1 Å². The van der Waals surface area contributed by atoms with Gasteiger partial charge in [0.25, 0.3) is 5.56 Å². The summed E-state index contributed by atoms with van der Waals surface area (Å²) in [6.07, 6.45) is 0. The summed E-state index contributed by atoms with van der Waals surface area (Å²) in [6, 6.07) is 10.9. The predicted molar refractivity (Wildman–Crippen MR) is 97.3 cm³/mol. The van der Waals surface area contributed by atoms with Gasteiger partial charge < -0.3 is 25.7 Å². The molecule has 0 saturated carbocycles. The van der Waals surface area contributed by atoms with Crippen molar-refractivity contribution in [2.45, 2.75) is 0 Å². The van der Waals surface area contributed by atoms with Crippen molar-refractivity contribution >= 4 is 17.8 Å². The molecule has 0 aliphatic heterocycles. The molecule has 0 fully saturated rings. The molecule has 0 aliphatic rings. The fraction of sp³-hybridized carbons (Fsp3) is 0. The Morgan fingerprint density at radius 1 is 0.964 bits per heavy atom. The standard InChI is InChI=1S/C19H13FN2O6/c20-9-5-7-10(8-6-9)28-12-4-2-1-3-11(12)13-14(18(24)25)16(21)22-17(23)15(13)19(26)27/h1-8H,(H,24,25)(H,26,27)(H3,21,22,23). The summed E-state index contributed by atoms with van der Waals surface area (Å²) in [6.45, 7) is 0. The number of benzene rings is 2. The van der Waals surface area contributed by atoms with Crippen molar-refractivity contribution in [1.29, 1.82) is 0 Å². The van der Waals surface area contributed by atoms with Crippen LogP contribution in [0.25, 0.3) is 11.1 Å². The third-order valence-electron chi connectivity index (χ3n) is 3.87. The third-order valence-corrected chi connectivity index (χ3v) is 3.87. The first-order valence-electron chi connectivity index (χ1n) is 7.84. The number of ether oxygens (including phenoxy) is 1. The largest absolute Gasteiger partial charge is 0.478 e. The number of nitrogen functional groups attached to an aromatic ring is 1. The summed E-state index contributed by atoms with van der Waals surface area (Å²) in [4.78, 5) is 37.6. The zero-order chi connectivity index (χ0) is 20.4. The van der Waals surface area contributed by atoms with E-state index in [1.165, 1.54) is 30.3 Å². The first-order chi connectivity index (χ1) is 13.3. The van der Waals surface area contributed by atoms with E-state index in [-0.39, 0.29) is 22.6 Å². The van der Waals surface area contributed by atoms with Crippen LogP contribution < -0.4 is 16.0 Å². The van der Waals surface area contributed by atoms with Crippen LogP contribution >= 0.6 is 0 Å². The Kier molecular flexibility index (Phi) is 4.82. The lowest BCUT2D eigenvalue weighted by molar-refractivity contribution is 0.0695. The molecule has 8 nitrogen and oxygen atoms in total. The molecule has 3 rings (SSSR count). The average molecular weight is 384 g/mol. The molecule has 0 aliphatic carbocycles. The molecular formula is C19H13FN2O6. The molecule has 0 radical (unpaired) electrons. The van der Waals surface area contributed by atoms with E-state index in [9.17, 15) is 29.0 Å². The number of nitrogens with one attached hydrogen (secondary N) is 1. The number of halogens is 1. The van der Waals surface area contributed by atoms with Crippen molar-refractivity contribution in [3.8, 4) is 22.6 Å². The first-order valence-corrected chi connectivity index (χ1v) is 7.84. The lowest BCUT2D eigenvalue weighted by atomic mass is 9.94. The van der Waals surface area contributed by atoms with Gasteiger partial charge in [0.05, 0.1) is 0 Å². The van der Waals surface area contributed by atoms with Gasteiger partial charge in [-0.1, -0.05) is 18.2 Å². The van der Waals surface area contributed by atoms with Crippen molar-refractivity contribution in [2.75, 3.05) is 5.73 Å². The van der Waals surface area contributed by atoms with Gasteiger partial charge in [0.2, 0.25) is 0 Å². The molecule has 9 heteroatoms. The van der Waals surface area contributed by atoms with Crippen LogP contribution in [0.5, 0.6) is 11.5 Å². The van der Waals surface area contributed by atoms with E-state index in [1.54, 1.807) is 6.07 Å². The minimum atomic E-state index is -1.63. The number of aromatic amines is 1. The highest BCUT2D eigenvalue weighted by molar-refractivity contribution is 6.08. The van der Waals surface area contributed by atoms with Gasteiger partial charge in [-0.15, -0.1) is 0 Å². The smallest absolute Gasteiger partial charge is 0.342 e. The number of carboxylic acids is 2. The predicted octanol–water partition coefficient (Wildman–Crippen LogP) is 2.95. The summed E-state index contributed by atoms with van der Waals surface area (Å²) in [5.41, 5.74) is 2.85. The molecule has 0 atom stereocenters. The van der Waals surface area contributed by atoms with Crippen molar-refractivity contribution in [2.24, 2.45) is 0 Å². The number of carboxylic acid groups (broad SMARTS) is 2. The summed E-state index contributed by atoms with van der Waals surface area (Å²) in [5, 5.41) is 19.0. The van der Waals surface area contributed by atoms with E-state index >= 15 is 0 Å². The van der Waals surface area contributed by atoms with Crippen LogP contribution in [0.1, 0.15) is 20.7 Å². The van der Waals surface area contributed by atoms with Crippen molar-refractivity contribution in [1.82, 2.24) is 4.98 Å².